The van der Waals surface area contributed by atoms with Crippen LogP contribution in [0.3, 0.4) is 0 Å². The maximum absolute atomic E-state index is 8.82. The van der Waals surface area contributed by atoms with Crippen LogP contribution in [0.4, 0.5) is 11.8 Å². The highest BCUT2D eigenvalue weighted by Crippen LogP contribution is 2.19. The minimum absolute atomic E-state index is 0.00822. The third-order valence-corrected chi connectivity index (χ3v) is 1.81. The molecule has 7 heteroatoms. The molecule has 0 fully saturated rings. The van der Waals surface area contributed by atoms with E-state index < -0.39 is 0 Å². The Kier molecular flexibility index (Phi) is 3.87. The van der Waals surface area contributed by atoms with E-state index in [0.29, 0.717) is 10.8 Å². The second-order valence-corrected chi connectivity index (χ2v) is 3.17. The molecule has 0 spiro atoms. The van der Waals surface area contributed by atoms with Gasteiger partial charge in [0.15, 0.2) is 5.82 Å². The van der Waals surface area contributed by atoms with E-state index in [1.165, 1.54) is 6.20 Å². The molecule has 6 nitrogen and oxygen atoms in total. The molecule has 14 heavy (non-hydrogen) atoms. The summed E-state index contributed by atoms with van der Waals surface area (Å²) >= 11 is 5.82. The standard InChI is InChI=1S/C7H12ClN5O/c1-4(3-14)11-6-5(8)2-10-7(12-6)13-9/h2,4,14H,3,9H2,1H3,(H2,10,11,12,13). The Morgan fingerprint density at radius 1 is 1.71 bits per heavy atom. The molecule has 0 saturated carbocycles. The van der Waals surface area contributed by atoms with Crippen molar-refractivity contribution in [3.05, 3.63) is 11.2 Å². The molecule has 0 amide bonds. The van der Waals surface area contributed by atoms with Gasteiger partial charge in [-0.15, -0.1) is 0 Å². The summed E-state index contributed by atoms with van der Waals surface area (Å²) in [5.74, 6) is 5.84. The molecule has 0 aliphatic carbocycles. The van der Waals surface area contributed by atoms with Crippen LogP contribution in [-0.2, 0) is 0 Å². The van der Waals surface area contributed by atoms with Crippen molar-refractivity contribution in [3.8, 4) is 0 Å². The van der Waals surface area contributed by atoms with Crippen LogP contribution in [0.25, 0.3) is 0 Å². The van der Waals surface area contributed by atoms with E-state index in [0.717, 1.165) is 0 Å². The molecule has 1 rings (SSSR count). The first-order chi connectivity index (χ1) is 6.67. The lowest BCUT2D eigenvalue weighted by Gasteiger charge is -2.12. The summed E-state index contributed by atoms with van der Waals surface area (Å²) in [5, 5.41) is 12.1. The average molecular weight is 218 g/mol. The normalized spacial score (nSPS) is 12.3. The van der Waals surface area contributed by atoms with Gasteiger partial charge in [0.25, 0.3) is 0 Å². The van der Waals surface area contributed by atoms with Gasteiger partial charge in [0.05, 0.1) is 12.8 Å². The molecule has 0 aliphatic rings. The molecule has 5 N–H and O–H groups in total. The first-order valence-corrected chi connectivity index (χ1v) is 4.41. The summed E-state index contributed by atoms with van der Waals surface area (Å²) in [5.41, 5.74) is 2.30. The minimum atomic E-state index is -0.131. The van der Waals surface area contributed by atoms with Gasteiger partial charge >= 0.3 is 0 Å². The quantitative estimate of drug-likeness (QED) is 0.425. The van der Waals surface area contributed by atoms with E-state index >= 15 is 0 Å². The van der Waals surface area contributed by atoms with Gasteiger partial charge in [-0.1, -0.05) is 11.6 Å². The molecule has 0 saturated heterocycles. The zero-order valence-corrected chi connectivity index (χ0v) is 8.41. The van der Waals surface area contributed by atoms with Crippen LogP contribution in [0.15, 0.2) is 6.20 Å². The Labute approximate surface area is 86.5 Å². The van der Waals surface area contributed by atoms with Gasteiger partial charge in [0, 0.05) is 6.04 Å². The monoisotopic (exact) mass is 217 g/mol. The topological polar surface area (TPSA) is 96.1 Å². The molecule has 0 radical (unpaired) electrons. The maximum atomic E-state index is 8.82. The van der Waals surface area contributed by atoms with Crippen molar-refractivity contribution in [1.82, 2.24) is 9.97 Å². The lowest BCUT2D eigenvalue weighted by atomic mass is 10.3. The van der Waals surface area contributed by atoms with Gasteiger partial charge in [0.1, 0.15) is 5.02 Å². The second kappa shape index (κ2) is 4.94. The van der Waals surface area contributed by atoms with Crippen LogP contribution in [-0.4, -0.2) is 27.7 Å². The summed E-state index contributed by atoms with van der Waals surface area (Å²) in [6.07, 6.45) is 1.43. The molecule has 1 aromatic rings. The largest absolute Gasteiger partial charge is 0.394 e. The summed E-state index contributed by atoms with van der Waals surface area (Å²) in [6.45, 7) is 1.79. The lowest BCUT2D eigenvalue weighted by Crippen LogP contribution is -2.21. The smallest absolute Gasteiger partial charge is 0.239 e. The van der Waals surface area contributed by atoms with E-state index in [1.54, 1.807) is 6.92 Å². The second-order valence-electron chi connectivity index (χ2n) is 2.76. The minimum Gasteiger partial charge on any atom is -0.394 e. The summed E-state index contributed by atoms with van der Waals surface area (Å²) in [6, 6.07) is -0.131. The average Bonchev–Trinajstić information content (AvgIpc) is 2.21. The summed E-state index contributed by atoms with van der Waals surface area (Å²) < 4.78 is 0. The third kappa shape index (κ3) is 2.69. The SMILES string of the molecule is CC(CO)Nc1nc(NN)ncc1Cl. The van der Waals surface area contributed by atoms with E-state index in [1.807, 2.05) is 0 Å². The Morgan fingerprint density at radius 3 is 3.00 bits per heavy atom. The van der Waals surface area contributed by atoms with E-state index in [4.69, 9.17) is 22.6 Å². The molecular weight excluding hydrogens is 206 g/mol. The van der Waals surface area contributed by atoms with Crippen LogP contribution >= 0.6 is 11.6 Å². The molecule has 78 valence electrons. The molecule has 1 aromatic heterocycles. The Hall–Kier alpha value is -1.11. The van der Waals surface area contributed by atoms with Crippen LogP contribution in [0.5, 0.6) is 0 Å². The van der Waals surface area contributed by atoms with Crippen LogP contribution in [0.2, 0.25) is 5.02 Å². The molecule has 1 atom stereocenters. The first kappa shape index (κ1) is 11.0. The van der Waals surface area contributed by atoms with Crippen molar-refractivity contribution in [2.24, 2.45) is 5.84 Å². The Bertz CT molecular complexity index is 308. The van der Waals surface area contributed by atoms with Gasteiger partial charge in [-0.2, -0.15) is 4.98 Å². The van der Waals surface area contributed by atoms with Crippen molar-refractivity contribution >= 4 is 23.4 Å². The molecular formula is C7H12ClN5O. The third-order valence-electron chi connectivity index (χ3n) is 1.53. The Morgan fingerprint density at radius 2 is 2.43 bits per heavy atom. The van der Waals surface area contributed by atoms with Crippen LogP contribution in [0.1, 0.15) is 6.92 Å². The predicted octanol–water partition coefficient (Wildman–Crippen LogP) is 0.208. The van der Waals surface area contributed by atoms with Crippen molar-refractivity contribution < 1.29 is 5.11 Å². The molecule has 0 aromatic carbocycles. The summed E-state index contributed by atoms with van der Waals surface area (Å²) in [7, 11) is 0. The van der Waals surface area contributed by atoms with Gasteiger partial charge in [-0.3, -0.25) is 5.43 Å². The van der Waals surface area contributed by atoms with Crippen molar-refractivity contribution in [2.45, 2.75) is 13.0 Å². The highest BCUT2D eigenvalue weighted by atomic mass is 35.5. The first-order valence-electron chi connectivity index (χ1n) is 4.04. The van der Waals surface area contributed by atoms with Gasteiger partial charge in [-0.25, -0.2) is 10.8 Å². The summed E-state index contributed by atoms with van der Waals surface area (Å²) in [4.78, 5) is 7.79. The van der Waals surface area contributed by atoms with E-state index in [2.05, 4.69) is 20.7 Å². The Balaban J connectivity index is 2.83. The van der Waals surface area contributed by atoms with Crippen LogP contribution < -0.4 is 16.6 Å². The number of hydrogen-bond donors (Lipinski definition) is 4. The van der Waals surface area contributed by atoms with Crippen LogP contribution in [0, 0.1) is 0 Å². The number of nitrogens with one attached hydrogen (secondary N) is 2. The number of aromatic nitrogens is 2. The zero-order valence-electron chi connectivity index (χ0n) is 7.66. The van der Waals surface area contributed by atoms with Gasteiger partial charge < -0.3 is 10.4 Å². The number of nitrogen functional groups attached to an aromatic ring is 1. The zero-order chi connectivity index (χ0) is 10.6. The molecule has 0 aliphatic heterocycles. The number of aliphatic hydroxyl groups is 1. The highest BCUT2D eigenvalue weighted by Gasteiger charge is 2.07. The van der Waals surface area contributed by atoms with Crippen molar-refractivity contribution in [1.29, 1.82) is 0 Å². The molecule has 0 bridgehead atoms. The molecule has 1 heterocycles. The number of rotatable bonds is 4. The van der Waals surface area contributed by atoms with E-state index in [9.17, 15) is 0 Å². The number of halogens is 1. The van der Waals surface area contributed by atoms with E-state index in [-0.39, 0.29) is 18.6 Å². The number of nitrogens with zero attached hydrogens (tertiary/aromatic N) is 2. The number of hydrogen-bond acceptors (Lipinski definition) is 6. The fraction of sp³-hybridized carbons (Fsp3) is 0.429. The predicted molar refractivity (Wildman–Crippen MR) is 55.0 cm³/mol. The fourth-order valence-electron chi connectivity index (χ4n) is 0.817. The number of hydrazine groups is 1. The highest BCUT2D eigenvalue weighted by molar-refractivity contribution is 6.32. The fourth-order valence-corrected chi connectivity index (χ4v) is 0.963. The van der Waals surface area contributed by atoms with Gasteiger partial charge in [-0.05, 0) is 6.92 Å². The maximum Gasteiger partial charge on any atom is 0.239 e. The number of anilines is 2. The van der Waals surface area contributed by atoms with Crippen molar-refractivity contribution in [2.75, 3.05) is 17.3 Å². The van der Waals surface area contributed by atoms with Gasteiger partial charge in [0.2, 0.25) is 5.95 Å². The number of nitrogens with two attached hydrogens (primary N) is 1. The van der Waals surface area contributed by atoms with Crippen molar-refractivity contribution in [3.63, 3.8) is 0 Å². The number of aliphatic hydroxyl groups excluding tert-OH is 1. The lowest BCUT2D eigenvalue weighted by molar-refractivity contribution is 0.281. The molecule has 1 unspecified atom stereocenters.